The summed E-state index contributed by atoms with van der Waals surface area (Å²) in [6, 6.07) is 1.66. The van der Waals surface area contributed by atoms with Crippen molar-refractivity contribution in [3.05, 3.63) is 35.1 Å². The van der Waals surface area contributed by atoms with Crippen LogP contribution < -0.4 is 5.32 Å². The molecule has 18 heavy (non-hydrogen) atoms. The summed E-state index contributed by atoms with van der Waals surface area (Å²) < 4.78 is 45.1. The average molecular weight is 261 g/mol. The summed E-state index contributed by atoms with van der Waals surface area (Å²) in [5, 5.41) is 2.89. The molecular weight excluding hydrogens is 243 g/mol. The van der Waals surface area contributed by atoms with Crippen molar-refractivity contribution in [3.8, 4) is 0 Å². The average Bonchev–Trinajstić information content (AvgIpc) is 2.38. The minimum Gasteiger partial charge on any atom is -0.379 e. The van der Waals surface area contributed by atoms with Crippen LogP contribution >= 0.6 is 0 Å². The third-order valence-corrected chi connectivity index (χ3v) is 2.96. The fourth-order valence-electron chi connectivity index (χ4n) is 2.03. The number of benzene rings is 1. The first kappa shape index (κ1) is 15.0. The second-order valence-corrected chi connectivity index (χ2v) is 4.09. The largest absolute Gasteiger partial charge is 0.379 e. The van der Waals surface area contributed by atoms with E-state index in [9.17, 15) is 13.2 Å². The Balaban J connectivity index is 3.12. The van der Waals surface area contributed by atoms with Crippen molar-refractivity contribution < 1.29 is 17.9 Å². The fourth-order valence-corrected chi connectivity index (χ4v) is 2.03. The molecule has 0 saturated carbocycles. The van der Waals surface area contributed by atoms with Gasteiger partial charge in [-0.3, -0.25) is 0 Å². The molecule has 0 aromatic heterocycles. The van der Waals surface area contributed by atoms with Gasteiger partial charge < -0.3 is 10.1 Å². The minimum atomic E-state index is -1.45. The zero-order chi connectivity index (χ0) is 13.7. The van der Waals surface area contributed by atoms with E-state index in [0.717, 1.165) is 12.5 Å². The van der Waals surface area contributed by atoms with Gasteiger partial charge in [-0.05, 0) is 19.5 Å². The molecule has 2 nitrogen and oxygen atoms in total. The van der Waals surface area contributed by atoms with Crippen LogP contribution in [0.4, 0.5) is 13.2 Å². The van der Waals surface area contributed by atoms with Gasteiger partial charge in [-0.1, -0.05) is 19.4 Å². The maximum Gasteiger partial charge on any atom is 0.194 e. The predicted molar refractivity (Wildman–Crippen MR) is 63.8 cm³/mol. The number of halogens is 3. The summed E-state index contributed by atoms with van der Waals surface area (Å²) in [7, 11) is 3.15. The molecule has 0 heterocycles. The highest BCUT2D eigenvalue weighted by Gasteiger charge is 2.26. The molecule has 0 spiro atoms. The van der Waals surface area contributed by atoms with Gasteiger partial charge in [-0.2, -0.15) is 0 Å². The Morgan fingerprint density at radius 3 is 2.39 bits per heavy atom. The zero-order valence-corrected chi connectivity index (χ0v) is 10.8. The molecule has 1 aromatic carbocycles. The zero-order valence-electron chi connectivity index (χ0n) is 10.8. The van der Waals surface area contributed by atoms with Crippen LogP contribution in [-0.2, 0) is 4.74 Å². The monoisotopic (exact) mass is 261 g/mol. The standard InChI is InChI=1S/C13H18F3NO/c1-4-5-10(18-3)13(17-2)8-6-7-9(14)12(16)11(8)15/h6-7,10,13,17H,4-5H2,1-3H3. The lowest BCUT2D eigenvalue weighted by molar-refractivity contribution is 0.0616. The fraction of sp³-hybridized carbons (Fsp3) is 0.538. The van der Waals surface area contributed by atoms with Crippen LogP contribution in [0.2, 0.25) is 0 Å². The summed E-state index contributed by atoms with van der Waals surface area (Å²) in [5.74, 6) is -3.79. The molecule has 2 atom stereocenters. The predicted octanol–water partition coefficient (Wildman–Crippen LogP) is 3.18. The number of hydrogen-bond acceptors (Lipinski definition) is 2. The van der Waals surface area contributed by atoms with Crippen LogP contribution in [0.5, 0.6) is 0 Å². The highest BCUT2D eigenvalue weighted by molar-refractivity contribution is 5.24. The van der Waals surface area contributed by atoms with E-state index in [1.165, 1.54) is 13.2 Å². The van der Waals surface area contributed by atoms with Crippen LogP contribution in [0.3, 0.4) is 0 Å². The van der Waals surface area contributed by atoms with Gasteiger partial charge >= 0.3 is 0 Å². The summed E-state index contributed by atoms with van der Waals surface area (Å²) in [4.78, 5) is 0. The van der Waals surface area contributed by atoms with E-state index in [1.54, 1.807) is 7.05 Å². The van der Waals surface area contributed by atoms with Crippen LogP contribution in [0.25, 0.3) is 0 Å². The molecule has 0 aliphatic rings. The first-order chi connectivity index (χ1) is 8.56. The van der Waals surface area contributed by atoms with Crippen molar-refractivity contribution >= 4 is 0 Å². The number of methoxy groups -OCH3 is 1. The van der Waals surface area contributed by atoms with Crippen LogP contribution in [0.15, 0.2) is 12.1 Å². The van der Waals surface area contributed by atoms with Crippen LogP contribution in [-0.4, -0.2) is 20.3 Å². The molecule has 0 fully saturated rings. The highest BCUT2D eigenvalue weighted by atomic mass is 19.2. The number of hydrogen-bond donors (Lipinski definition) is 1. The van der Waals surface area contributed by atoms with E-state index >= 15 is 0 Å². The van der Waals surface area contributed by atoms with Gasteiger partial charge in [-0.25, -0.2) is 13.2 Å². The van der Waals surface area contributed by atoms with Crippen molar-refractivity contribution in [1.82, 2.24) is 5.32 Å². The molecule has 0 aliphatic carbocycles. The molecular formula is C13H18F3NO. The molecule has 0 aliphatic heterocycles. The summed E-state index contributed by atoms with van der Waals surface area (Å²) in [5.41, 5.74) is 0.0803. The van der Waals surface area contributed by atoms with Gasteiger partial charge in [0.15, 0.2) is 17.5 Å². The van der Waals surface area contributed by atoms with Gasteiger partial charge in [0, 0.05) is 12.7 Å². The molecule has 2 unspecified atom stereocenters. The van der Waals surface area contributed by atoms with Crippen molar-refractivity contribution in [2.45, 2.75) is 31.9 Å². The van der Waals surface area contributed by atoms with Gasteiger partial charge in [0.25, 0.3) is 0 Å². The molecule has 102 valence electrons. The Hall–Kier alpha value is -1.07. The van der Waals surface area contributed by atoms with Crippen molar-refractivity contribution in [2.24, 2.45) is 0 Å². The maximum atomic E-state index is 13.7. The Labute approximate surface area is 105 Å². The molecule has 0 saturated heterocycles. The molecule has 1 N–H and O–H groups in total. The number of likely N-dealkylation sites (N-methyl/N-ethyl adjacent to an activating group) is 1. The Morgan fingerprint density at radius 2 is 1.89 bits per heavy atom. The highest BCUT2D eigenvalue weighted by Crippen LogP contribution is 2.26. The van der Waals surface area contributed by atoms with Crippen molar-refractivity contribution in [2.75, 3.05) is 14.2 Å². The molecule has 0 amide bonds. The second-order valence-electron chi connectivity index (χ2n) is 4.09. The van der Waals surface area contributed by atoms with E-state index in [-0.39, 0.29) is 11.7 Å². The molecule has 1 rings (SSSR count). The van der Waals surface area contributed by atoms with Gasteiger partial charge in [0.2, 0.25) is 0 Å². The van der Waals surface area contributed by atoms with Gasteiger partial charge in [0.1, 0.15) is 0 Å². The lowest BCUT2D eigenvalue weighted by Crippen LogP contribution is -2.32. The van der Waals surface area contributed by atoms with Crippen molar-refractivity contribution in [1.29, 1.82) is 0 Å². The summed E-state index contributed by atoms with van der Waals surface area (Å²) >= 11 is 0. The van der Waals surface area contributed by atoms with E-state index < -0.39 is 23.5 Å². The molecule has 5 heteroatoms. The number of rotatable bonds is 6. The number of ether oxygens (including phenoxy) is 1. The summed E-state index contributed by atoms with van der Waals surface area (Å²) in [6.45, 7) is 1.97. The lowest BCUT2D eigenvalue weighted by Gasteiger charge is -2.26. The Kier molecular flexibility index (Phi) is 5.62. The lowest BCUT2D eigenvalue weighted by atomic mass is 9.97. The third-order valence-electron chi connectivity index (χ3n) is 2.96. The minimum absolute atomic E-state index is 0.0803. The molecule has 0 bridgehead atoms. The SMILES string of the molecule is CCCC(OC)C(NC)c1ccc(F)c(F)c1F. The van der Waals surface area contributed by atoms with Crippen LogP contribution in [0, 0.1) is 17.5 Å². The Bertz CT molecular complexity index is 398. The van der Waals surface area contributed by atoms with Gasteiger partial charge in [0.05, 0.1) is 12.1 Å². The third kappa shape index (κ3) is 3.03. The molecule has 0 radical (unpaired) electrons. The quantitative estimate of drug-likeness (QED) is 0.794. The van der Waals surface area contributed by atoms with E-state index in [4.69, 9.17) is 4.74 Å². The molecule has 1 aromatic rings. The summed E-state index contributed by atoms with van der Waals surface area (Å²) in [6.07, 6.45) is 1.25. The maximum absolute atomic E-state index is 13.7. The normalized spacial score (nSPS) is 14.6. The topological polar surface area (TPSA) is 21.3 Å². The van der Waals surface area contributed by atoms with E-state index in [1.807, 2.05) is 6.92 Å². The van der Waals surface area contributed by atoms with Crippen LogP contribution in [0.1, 0.15) is 31.4 Å². The van der Waals surface area contributed by atoms with E-state index in [2.05, 4.69) is 5.32 Å². The first-order valence-electron chi connectivity index (χ1n) is 5.90. The second kappa shape index (κ2) is 6.75. The van der Waals surface area contributed by atoms with Crippen molar-refractivity contribution in [3.63, 3.8) is 0 Å². The smallest absolute Gasteiger partial charge is 0.194 e. The van der Waals surface area contributed by atoms with E-state index in [0.29, 0.717) is 6.42 Å². The van der Waals surface area contributed by atoms with Gasteiger partial charge in [-0.15, -0.1) is 0 Å². The number of nitrogens with one attached hydrogen (secondary N) is 1. The Morgan fingerprint density at radius 1 is 1.22 bits per heavy atom. The first-order valence-corrected chi connectivity index (χ1v) is 5.90.